The molecule has 3 heteroatoms. The molecular formula is C9H18NO2+. The van der Waals surface area contributed by atoms with Crippen molar-refractivity contribution in [1.82, 2.24) is 0 Å². The fourth-order valence-electron chi connectivity index (χ4n) is 1.74. The molecule has 1 heterocycles. The number of rotatable bonds is 2. The summed E-state index contributed by atoms with van der Waals surface area (Å²) < 4.78 is 4.98. The van der Waals surface area contributed by atoms with Crippen LogP contribution in [-0.4, -0.2) is 32.7 Å². The molecule has 1 rings (SSSR count). The molecule has 0 bridgehead atoms. The summed E-state index contributed by atoms with van der Waals surface area (Å²) in [4.78, 5) is 12.8. The van der Waals surface area contributed by atoms with E-state index >= 15 is 0 Å². The minimum Gasteiger partial charge on any atom is -0.466 e. The monoisotopic (exact) mass is 172 g/mol. The number of hydrogen-bond acceptors (Lipinski definition) is 2. The van der Waals surface area contributed by atoms with Crippen molar-refractivity contribution in [2.75, 3.05) is 26.7 Å². The summed E-state index contributed by atoms with van der Waals surface area (Å²) in [7, 11) is 2.13. The molecule has 0 radical (unpaired) electrons. The Balaban J connectivity index is 2.35. The summed E-state index contributed by atoms with van der Waals surface area (Å²) in [5.74, 6) is 0.148. The summed E-state index contributed by atoms with van der Waals surface area (Å²) >= 11 is 0. The average Bonchev–Trinajstić information content (AvgIpc) is 2.05. The average molecular weight is 172 g/mol. The molecule has 0 aromatic rings. The van der Waals surface area contributed by atoms with Crippen LogP contribution in [0.2, 0.25) is 0 Å². The van der Waals surface area contributed by atoms with Gasteiger partial charge in [-0.1, -0.05) is 0 Å². The standard InChI is InChI=1S/C9H17NO2/c1-3-12-9(11)8-5-4-6-10(2)7-8/h8H,3-7H2,1-2H3/p+1/t8-/m1/s1. The van der Waals surface area contributed by atoms with Gasteiger partial charge in [0.05, 0.1) is 26.7 Å². The third-order valence-corrected chi connectivity index (χ3v) is 2.37. The van der Waals surface area contributed by atoms with Crippen molar-refractivity contribution in [1.29, 1.82) is 0 Å². The minimum atomic E-state index is -0.00319. The van der Waals surface area contributed by atoms with Crippen LogP contribution < -0.4 is 4.90 Å². The Kier molecular flexibility index (Phi) is 3.53. The molecule has 0 saturated carbocycles. The minimum absolute atomic E-state index is 0.00319. The number of piperidine rings is 1. The molecule has 1 unspecified atom stereocenters. The third-order valence-electron chi connectivity index (χ3n) is 2.37. The molecule has 0 aromatic heterocycles. The molecule has 1 saturated heterocycles. The molecule has 0 spiro atoms. The first-order valence-corrected chi connectivity index (χ1v) is 4.72. The quantitative estimate of drug-likeness (QED) is 0.568. The van der Waals surface area contributed by atoms with E-state index in [0.29, 0.717) is 6.61 Å². The molecule has 3 nitrogen and oxygen atoms in total. The lowest BCUT2D eigenvalue weighted by Gasteiger charge is -2.25. The molecule has 1 aliphatic rings. The second-order valence-corrected chi connectivity index (χ2v) is 3.50. The zero-order valence-corrected chi connectivity index (χ0v) is 7.93. The van der Waals surface area contributed by atoms with Gasteiger partial charge in [0.1, 0.15) is 5.92 Å². The summed E-state index contributed by atoms with van der Waals surface area (Å²) in [5, 5.41) is 0. The van der Waals surface area contributed by atoms with Crippen molar-refractivity contribution < 1.29 is 14.4 Å². The van der Waals surface area contributed by atoms with Crippen molar-refractivity contribution in [3.8, 4) is 0 Å². The maximum absolute atomic E-state index is 11.3. The molecule has 2 atom stereocenters. The van der Waals surface area contributed by atoms with E-state index in [0.717, 1.165) is 19.4 Å². The zero-order chi connectivity index (χ0) is 8.97. The van der Waals surface area contributed by atoms with Gasteiger partial charge in [0.15, 0.2) is 0 Å². The predicted octanol–water partition coefficient (Wildman–Crippen LogP) is -0.526. The molecule has 1 aliphatic heterocycles. The number of nitrogens with one attached hydrogen (secondary N) is 1. The summed E-state index contributed by atoms with van der Waals surface area (Å²) in [6.07, 6.45) is 2.16. The fraction of sp³-hybridized carbons (Fsp3) is 0.889. The van der Waals surface area contributed by atoms with E-state index < -0.39 is 0 Å². The number of hydrogen-bond donors (Lipinski definition) is 1. The van der Waals surface area contributed by atoms with Gasteiger partial charge in [-0.05, 0) is 19.8 Å². The van der Waals surface area contributed by atoms with Gasteiger partial charge in [-0.3, -0.25) is 4.79 Å². The van der Waals surface area contributed by atoms with E-state index in [4.69, 9.17) is 4.74 Å². The maximum Gasteiger partial charge on any atom is 0.314 e. The van der Waals surface area contributed by atoms with Gasteiger partial charge < -0.3 is 9.64 Å². The van der Waals surface area contributed by atoms with Crippen LogP contribution >= 0.6 is 0 Å². The molecule has 1 N–H and O–H groups in total. The van der Waals surface area contributed by atoms with Crippen LogP contribution in [0, 0.1) is 5.92 Å². The van der Waals surface area contributed by atoms with Crippen LogP contribution in [0.3, 0.4) is 0 Å². The van der Waals surface area contributed by atoms with E-state index in [-0.39, 0.29) is 11.9 Å². The number of carbonyl (C=O) groups excluding carboxylic acids is 1. The lowest BCUT2D eigenvalue weighted by atomic mass is 9.99. The molecule has 0 amide bonds. The Labute approximate surface area is 73.7 Å². The van der Waals surface area contributed by atoms with Gasteiger partial charge in [0.25, 0.3) is 0 Å². The van der Waals surface area contributed by atoms with Crippen molar-refractivity contribution >= 4 is 5.97 Å². The second-order valence-electron chi connectivity index (χ2n) is 3.50. The Morgan fingerprint density at radius 3 is 3.00 bits per heavy atom. The largest absolute Gasteiger partial charge is 0.466 e. The summed E-state index contributed by atoms with van der Waals surface area (Å²) in [6, 6.07) is 0. The molecule has 0 aliphatic carbocycles. The first kappa shape index (κ1) is 9.52. The fourth-order valence-corrected chi connectivity index (χ4v) is 1.74. The highest BCUT2D eigenvalue weighted by Crippen LogP contribution is 2.08. The van der Waals surface area contributed by atoms with Crippen molar-refractivity contribution in [2.24, 2.45) is 5.92 Å². The van der Waals surface area contributed by atoms with Crippen LogP contribution in [0.4, 0.5) is 0 Å². The maximum atomic E-state index is 11.3. The van der Waals surface area contributed by atoms with Crippen molar-refractivity contribution in [3.63, 3.8) is 0 Å². The van der Waals surface area contributed by atoms with Gasteiger partial charge in [-0.2, -0.15) is 0 Å². The number of quaternary nitrogens is 1. The van der Waals surface area contributed by atoms with Gasteiger partial charge in [0.2, 0.25) is 0 Å². The number of carbonyl (C=O) groups is 1. The third kappa shape index (κ3) is 2.48. The van der Waals surface area contributed by atoms with Gasteiger partial charge in [0, 0.05) is 0 Å². The Hall–Kier alpha value is -0.570. The van der Waals surface area contributed by atoms with Crippen LogP contribution in [0.5, 0.6) is 0 Å². The molecule has 12 heavy (non-hydrogen) atoms. The molecular weight excluding hydrogens is 154 g/mol. The first-order chi connectivity index (χ1) is 5.74. The Morgan fingerprint density at radius 1 is 1.67 bits per heavy atom. The van der Waals surface area contributed by atoms with Gasteiger partial charge >= 0.3 is 5.97 Å². The smallest absolute Gasteiger partial charge is 0.314 e. The normalized spacial score (nSPS) is 29.8. The zero-order valence-electron chi connectivity index (χ0n) is 7.93. The lowest BCUT2D eigenvalue weighted by molar-refractivity contribution is -0.887. The van der Waals surface area contributed by atoms with E-state index in [1.54, 1.807) is 0 Å². The number of likely N-dealkylation sites (tertiary alicyclic amines) is 1. The summed E-state index contributed by atoms with van der Waals surface area (Å²) in [5.41, 5.74) is 0. The number of ether oxygens (including phenoxy) is 1. The van der Waals surface area contributed by atoms with Crippen LogP contribution in [-0.2, 0) is 9.53 Å². The lowest BCUT2D eigenvalue weighted by Crippen LogP contribution is -3.10. The van der Waals surface area contributed by atoms with Crippen molar-refractivity contribution in [2.45, 2.75) is 19.8 Å². The van der Waals surface area contributed by atoms with E-state index in [1.807, 2.05) is 6.92 Å². The number of esters is 1. The molecule has 1 fully saturated rings. The Bertz CT molecular complexity index is 159. The second kappa shape index (κ2) is 4.45. The van der Waals surface area contributed by atoms with Gasteiger partial charge in [-0.15, -0.1) is 0 Å². The van der Waals surface area contributed by atoms with Crippen LogP contribution in [0.1, 0.15) is 19.8 Å². The topological polar surface area (TPSA) is 30.7 Å². The SMILES string of the molecule is CCOC(=O)[C@@H]1CCC[NH+](C)C1. The summed E-state index contributed by atoms with van der Waals surface area (Å²) in [6.45, 7) is 4.50. The molecule has 0 aromatic carbocycles. The van der Waals surface area contributed by atoms with E-state index in [1.165, 1.54) is 11.4 Å². The highest BCUT2D eigenvalue weighted by molar-refractivity contribution is 5.72. The first-order valence-electron chi connectivity index (χ1n) is 4.72. The highest BCUT2D eigenvalue weighted by atomic mass is 16.5. The highest BCUT2D eigenvalue weighted by Gasteiger charge is 2.27. The van der Waals surface area contributed by atoms with Gasteiger partial charge in [-0.25, -0.2) is 0 Å². The predicted molar refractivity (Wildman–Crippen MR) is 46.0 cm³/mol. The van der Waals surface area contributed by atoms with Crippen LogP contribution in [0.15, 0.2) is 0 Å². The Morgan fingerprint density at radius 2 is 2.42 bits per heavy atom. The van der Waals surface area contributed by atoms with Crippen molar-refractivity contribution in [3.05, 3.63) is 0 Å². The molecule has 70 valence electrons. The van der Waals surface area contributed by atoms with E-state index in [9.17, 15) is 4.79 Å². The van der Waals surface area contributed by atoms with Crippen LogP contribution in [0.25, 0.3) is 0 Å². The van der Waals surface area contributed by atoms with E-state index in [2.05, 4.69) is 7.05 Å².